The Morgan fingerprint density at radius 2 is 1.52 bits per heavy atom. The smallest absolute Gasteiger partial charge is 0.299 e. The summed E-state index contributed by atoms with van der Waals surface area (Å²) in [5.41, 5.74) is 4.52. The van der Waals surface area contributed by atoms with Gasteiger partial charge in [0.2, 0.25) is 0 Å². The van der Waals surface area contributed by atoms with E-state index in [9.17, 15) is 9.59 Å². The van der Waals surface area contributed by atoms with Crippen molar-refractivity contribution >= 4 is 17.4 Å². The van der Waals surface area contributed by atoms with E-state index in [-0.39, 0.29) is 0 Å². The molecule has 1 aliphatic rings. The van der Waals surface area contributed by atoms with Crippen LogP contribution < -0.4 is 9.64 Å². The highest BCUT2D eigenvalue weighted by Crippen LogP contribution is 2.32. The van der Waals surface area contributed by atoms with Crippen LogP contribution in [0.2, 0.25) is 0 Å². The number of rotatable bonds is 6. The van der Waals surface area contributed by atoms with Crippen molar-refractivity contribution in [1.82, 2.24) is 0 Å². The quantitative estimate of drug-likeness (QED) is 0.591. The van der Waals surface area contributed by atoms with Crippen LogP contribution in [-0.4, -0.2) is 24.8 Å². The summed E-state index contributed by atoms with van der Waals surface area (Å²) in [4.78, 5) is 25.9. The summed E-state index contributed by atoms with van der Waals surface area (Å²) >= 11 is 0. The number of benzene rings is 2. The van der Waals surface area contributed by atoms with Crippen LogP contribution in [0, 0.1) is 20.8 Å². The molecule has 1 heterocycles. The molecule has 1 amide bonds. The zero-order chi connectivity index (χ0) is 18.0. The number of ether oxygens (including phenoxy) is 1. The first kappa shape index (κ1) is 17.2. The third-order valence-corrected chi connectivity index (χ3v) is 4.62. The molecule has 4 heteroatoms. The van der Waals surface area contributed by atoms with Crippen LogP contribution >= 0.6 is 0 Å². The van der Waals surface area contributed by atoms with Crippen LogP contribution in [0.25, 0.3) is 0 Å². The van der Waals surface area contributed by atoms with Crippen LogP contribution in [0.15, 0.2) is 36.4 Å². The van der Waals surface area contributed by atoms with Gasteiger partial charge >= 0.3 is 0 Å². The minimum Gasteiger partial charge on any atom is -0.493 e. The third-order valence-electron chi connectivity index (χ3n) is 4.62. The normalized spacial score (nSPS) is 13.3. The maximum atomic E-state index is 12.2. The van der Waals surface area contributed by atoms with E-state index in [1.54, 1.807) is 11.0 Å². The fourth-order valence-electron chi connectivity index (χ4n) is 3.33. The molecule has 0 atom stereocenters. The average molecular weight is 337 g/mol. The molecule has 0 unspecified atom stereocenters. The highest BCUT2D eigenvalue weighted by Gasteiger charge is 2.36. The molecule has 0 saturated heterocycles. The van der Waals surface area contributed by atoms with Gasteiger partial charge in [-0.25, -0.2) is 0 Å². The van der Waals surface area contributed by atoms with Gasteiger partial charge in [0.1, 0.15) is 5.75 Å². The SMILES string of the molecule is Cc1cccc(C)c1OCCCCN1C(=O)C(=O)c2cccc(C)c21. The Hall–Kier alpha value is -2.62. The summed E-state index contributed by atoms with van der Waals surface area (Å²) in [7, 11) is 0. The summed E-state index contributed by atoms with van der Waals surface area (Å²) in [5, 5.41) is 0. The van der Waals surface area contributed by atoms with E-state index in [2.05, 4.69) is 0 Å². The Morgan fingerprint density at radius 3 is 2.24 bits per heavy atom. The first-order valence-corrected chi connectivity index (χ1v) is 8.65. The first-order valence-electron chi connectivity index (χ1n) is 8.65. The van der Waals surface area contributed by atoms with E-state index < -0.39 is 11.7 Å². The second-order valence-electron chi connectivity index (χ2n) is 6.53. The number of ketones is 1. The number of carbonyl (C=O) groups excluding carboxylic acids is 2. The summed E-state index contributed by atoms with van der Waals surface area (Å²) in [6.45, 7) is 7.15. The fraction of sp³-hybridized carbons (Fsp3) is 0.333. The molecule has 1 aliphatic heterocycles. The summed E-state index contributed by atoms with van der Waals surface area (Å²) in [5.74, 6) is 0.126. The molecule has 3 rings (SSSR count). The lowest BCUT2D eigenvalue weighted by atomic mass is 10.1. The summed E-state index contributed by atoms with van der Waals surface area (Å²) in [6, 6.07) is 11.6. The minimum atomic E-state index is -0.417. The molecule has 25 heavy (non-hydrogen) atoms. The van der Waals surface area contributed by atoms with Gasteiger partial charge in [-0.2, -0.15) is 0 Å². The zero-order valence-electron chi connectivity index (χ0n) is 15.0. The molecule has 0 radical (unpaired) electrons. The molecular weight excluding hydrogens is 314 g/mol. The van der Waals surface area contributed by atoms with Gasteiger partial charge in [0.15, 0.2) is 0 Å². The van der Waals surface area contributed by atoms with E-state index >= 15 is 0 Å². The highest BCUT2D eigenvalue weighted by molar-refractivity contribution is 6.52. The lowest BCUT2D eigenvalue weighted by Crippen LogP contribution is -2.31. The van der Waals surface area contributed by atoms with Crippen molar-refractivity contribution in [3.8, 4) is 5.75 Å². The monoisotopic (exact) mass is 337 g/mol. The van der Waals surface area contributed by atoms with Crippen molar-refractivity contribution in [2.75, 3.05) is 18.1 Å². The van der Waals surface area contributed by atoms with Crippen molar-refractivity contribution in [2.24, 2.45) is 0 Å². The maximum absolute atomic E-state index is 12.2. The topological polar surface area (TPSA) is 46.6 Å². The van der Waals surface area contributed by atoms with Gasteiger partial charge < -0.3 is 9.64 Å². The molecule has 0 bridgehead atoms. The van der Waals surface area contributed by atoms with Crippen molar-refractivity contribution in [1.29, 1.82) is 0 Å². The minimum absolute atomic E-state index is 0.398. The number of unbranched alkanes of at least 4 members (excludes halogenated alkanes) is 1. The Morgan fingerprint density at radius 1 is 0.880 bits per heavy atom. The van der Waals surface area contributed by atoms with Gasteiger partial charge in [0, 0.05) is 6.54 Å². The fourth-order valence-corrected chi connectivity index (χ4v) is 3.33. The molecule has 0 aromatic heterocycles. The molecule has 4 nitrogen and oxygen atoms in total. The van der Waals surface area contributed by atoms with Crippen LogP contribution in [0.1, 0.15) is 39.9 Å². The number of anilines is 1. The largest absolute Gasteiger partial charge is 0.493 e. The lowest BCUT2D eigenvalue weighted by molar-refractivity contribution is -0.114. The van der Waals surface area contributed by atoms with Gasteiger partial charge in [-0.15, -0.1) is 0 Å². The predicted octanol–water partition coefficient (Wildman–Crippen LogP) is 4.00. The van der Waals surface area contributed by atoms with E-state index in [0.29, 0.717) is 18.7 Å². The number of carbonyl (C=O) groups is 2. The molecule has 2 aromatic rings. The molecule has 130 valence electrons. The van der Waals surface area contributed by atoms with E-state index in [1.807, 2.05) is 51.1 Å². The van der Waals surface area contributed by atoms with Crippen LogP contribution in [-0.2, 0) is 4.79 Å². The molecule has 2 aromatic carbocycles. The number of aryl methyl sites for hydroxylation is 3. The van der Waals surface area contributed by atoms with E-state index in [0.717, 1.165) is 41.0 Å². The maximum Gasteiger partial charge on any atom is 0.299 e. The molecule has 0 aliphatic carbocycles. The van der Waals surface area contributed by atoms with Gasteiger partial charge in [0.05, 0.1) is 17.9 Å². The number of hydrogen-bond donors (Lipinski definition) is 0. The Labute approximate surface area is 148 Å². The number of nitrogens with zero attached hydrogens (tertiary/aromatic N) is 1. The van der Waals surface area contributed by atoms with E-state index in [1.165, 1.54) is 0 Å². The van der Waals surface area contributed by atoms with Crippen LogP contribution in [0.5, 0.6) is 5.75 Å². The number of Topliss-reactive ketones (excluding diaryl/α,β-unsaturated/α-hetero) is 1. The zero-order valence-corrected chi connectivity index (χ0v) is 15.0. The summed E-state index contributed by atoms with van der Waals surface area (Å²) in [6.07, 6.45) is 1.62. The van der Waals surface area contributed by atoms with Crippen molar-refractivity contribution in [2.45, 2.75) is 33.6 Å². The van der Waals surface area contributed by atoms with Gasteiger partial charge in [-0.1, -0.05) is 30.3 Å². The van der Waals surface area contributed by atoms with Gasteiger partial charge in [-0.3, -0.25) is 9.59 Å². The number of fused-ring (bicyclic) bond motifs is 1. The Bertz CT molecular complexity index is 806. The molecule has 0 fully saturated rings. The molecule has 0 saturated carbocycles. The van der Waals surface area contributed by atoms with Gasteiger partial charge in [-0.05, 0) is 56.4 Å². The Balaban J connectivity index is 1.57. The highest BCUT2D eigenvalue weighted by atomic mass is 16.5. The number of para-hydroxylation sites is 2. The second kappa shape index (κ2) is 7.09. The molecule has 0 N–H and O–H groups in total. The second-order valence-corrected chi connectivity index (χ2v) is 6.53. The van der Waals surface area contributed by atoms with Gasteiger partial charge in [0.25, 0.3) is 11.7 Å². The van der Waals surface area contributed by atoms with E-state index in [4.69, 9.17) is 4.74 Å². The number of amides is 1. The standard InChI is InChI=1S/C21H23NO3/c1-14-8-7-11-17-18(14)22(21(24)19(17)23)12-4-5-13-25-20-15(2)9-6-10-16(20)3/h6-11H,4-5,12-13H2,1-3H3. The van der Waals surface area contributed by atoms with Crippen LogP contribution in [0.4, 0.5) is 5.69 Å². The third kappa shape index (κ3) is 3.29. The molecule has 0 spiro atoms. The van der Waals surface area contributed by atoms with Crippen molar-refractivity contribution in [3.05, 3.63) is 58.7 Å². The molecular formula is C21H23NO3. The first-order chi connectivity index (χ1) is 12.0. The predicted molar refractivity (Wildman–Crippen MR) is 98.5 cm³/mol. The lowest BCUT2D eigenvalue weighted by Gasteiger charge is -2.18. The van der Waals surface area contributed by atoms with Crippen LogP contribution in [0.3, 0.4) is 0 Å². The Kier molecular flexibility index (Phi) is 4.88. The van der Waals surface area contributed by atoms with Crippen molar-refractivity contribution in [3.63, 3.8) is 0 Å². The number of hydrogen-bond acceptors (Lipinski definition) is 3. The summed E-state index contributed by atoms with van der Waals surface area (Å²) < 4.78 is 5.90. The van der Waals surface area contributed by atoms with Crippen molar-refractivity contribution < 1.29 is 14.3 Å². The average Bonchev–Trinajstić information content (AvgIpc) is 2.83.